The molecule has 0 atom stereocenters. The number of hydrogen-bond acceptors (Lipinski definition) is 2. The lowest BCUT2D eigenvalue weighted by Gasteiger charge is -2.04. The molecule has 1 N–H and O–H groups in total. The minimum Gasteiger partial charge on any atom is -0.321 e. The largest absolute Gasteiger partial charge is 0.321 e. The van der Waals surface area contributed by atoms with Crippen LogP contribution >= 0.6 is 27.3 Å². The van der Waals surface area contributed by atoms with Crippen molar-refractivity contribution >= 4 is 27.3 Å². The predicted molar refractivity (Wildman–Crippen MR) is 59.5 cm³/mol. The second-order valence-electron chi connectivity index (χ2n) is 2.66. The number of hydrogen-bond donors (Lipinski definition) is 1. The molecule has 0 saturated heterocycles. The molecular formula is C9H9BrN2S. The third-order valence-electron chi connectivity index (χ3n) is 1.66. The number of thiophene rings is 1. The Balaban J connectivity index is 1.93. The zero-order chi connectivity index (χ0) is 9.10. The maximum atomic E-state index is 3.43. The molecule has 2 rings (SSSR count). The second-order valence-corrected chi connectivity index (χ2v) is 4.57. The summed E-state index contributed by atoms with van der Waals surface area (Å²) in [4.78, 5) is 1.32. The molecule has 0 unspecified atom stereocenters. The van der Waals surface area contributed by atoms with Crippen molar-refractivity contribution in [2.45, 2.75) is 6.54 Å². The van der Waals surface area contributed by atoms with E-state index in [1.165, 1.54) is 4.88 Å². The van der Waals surface area contributed by atoms with E-state index in [9.17, 15) is 0 Å². The molecule has 2 nitrogen and oxygen atoms in total. The van der Waals surface area contributed by atoms with Crippen LogP contribution in [0.2, 0.25) is 0 Å². The summed E-state index contributed by atoms with van der Waals surface area (Å²) in [5.41, 5.74) is 3.26. The van der Waals surface area contributed by atoms with Gasteiger partial charge in [0, 0.05) is 27.1 Å². The van der Waals surface area contributed by atoms with Crippen molar-refractivity contribution in [1.82, 2.24) is 4.68 Å². The first-order valence-corrected chi connectivity index (χ1v) is 5.61. The van der Waals surface area contributed by atoms with Crippen LogP contribution < -0.4 is 5.43 Å². The van der Waals surface area contributed by atoms with Crippen molar-refractivity contribution in [2.24, 2.45) is 0 Å². The summed E-state index contributed by atoms with van der Waals surface area (Å²) in [5, 5.41) is 2.09. The van der Waals surface area contributed by atoms with E-state index in [-0.39, 0.29) is 0 Å². The smallest absolute Gasteiger partial charge is 0.0657 e. The zero-order valence-corrected chi connectivity index (χ0v) is 9.31. The van der Waals surface area contributed by atoms with Crippen molar-refractivity contribution in [3.63, 3.8) is 0 Å². The molecule has 0 fully saturated rings. The van der Waals surface area contributed by atoms with Gasteiger partial charge in [-0.25, -0.2) is 0 Å². The van der Waals surface area contributed by atoms with Crippen molar-refractivity contribution in [3.05, 3.63) is 45.3 Å². The van der Waals surface area contributed by atoms with Crippen LogP contribution in [-0.2, 0) is 6.54 Å². The Kier molecular flexibility index (Phi) is 2.71. The zero-order valence-electron chi connectivity index (χ0n) is 6.90. The van der Waals surface area contributed by atoms with Gasteiger partial charge in [-0.05, 0) is 34.1 Å². The monoisotopic (exact) mass is 256 g/mol. The highest BCUT2D eigenvalue weighted by Gasteiger charge is 1.95. The lowest BCUT2D eigenvalue weighted by atomic mass is 10.5. The van der Waals surface area contributed by atoms with Crippen LogP contribution in [0.4, 0.5) is 0 Å². The van der Waals surface area contributed by atoms with Crippen LogP contribution in [0.15, 0.2) is 40.4 Å². The number of halogens is 1. The van der Waals surface area contributed by atoms with E-state index in [0.29, 0.717) is 0 Å². The third-order valence-corrected chi connectivity index (χ3v) is 3.36. The molecule has 0 aliphatic heterocycles. The highest BCUT2D eigenvalue weighted by Crippen LogP contribution is 2.19. The SMILES string of the molecule is Brc1csc(CNn2cccc2)c1. The molecule has 0 aliphatic rings. The fourth-order valence-corrected chi connectivity index (χ4v) is 2.44. The Bertz CT molecular complexity index is 367. The van der Waals surface area contributed by atoms with E-state index in [0.717, 1.165) is 11.0 Å². The van der Waals surface area contributed by atoms with Crippen LogP contribution in [0.1, 0.15) is 4.88 Å². The normalized spacial score (nSPS) is 10.2. The Morgan fingerprint density at radius 1 is 1.38 bits per heavy atom. The van der Waals surface area contributed by atoms with Crippen molar-refractivity contribution in [3.8, 4) is 0 Å². The maximum Gasteiger partial charge on any atom is 0.0657 e. The van der Waals surface area contributed by atoms with Gasteiger partial charge in [0.25, 0.3) is 0 Å². The van der Waals surface area contributed by atoms with Gasteiger partial charge in [0.1, 0.15) is 0 Å². The first-order chi connectivity index (χ1) is 6.34. The number of aromatic nitrogens is 1. The van der Waals surface area contributed by atoms with Gasteiger partial charge in [-0.15, -0.1) is 11.3 Å². The lowest BCUT2D eigenvalue weighted by molar-refractivity contribution is 0.855. The van der Waals surface area contributed by atoms with Crippen LogP contribution in [0.3, 0.4) is 0 Å². The molecule has 68 valence electrons. The van der Waals surface area contributed by atoms with Crippen LogP contribution in [0.5, 0.6) is 0 Å². The fourth-order valence-electron chi connectivity index (χ4n) is 1.06. The minimum absolute atomic E-state index is 0.866. The molecule has 13 heavy (non-hydrogen) atoms. The molecular weight excluding hydrogens is 248 g/mol. The van der Waals surface area contributed by atoms with E-state index in [1.807, 2.05) is 29.2 Å². The van der Waals surface area contributed by atoms with Crippen molar-refractivity contribution < 1.29 is 0 Å². The Labute approximate surface area is 89.3 Å². The van der Waals surface area contributed by atoms with Crippen LogP contribution in [-0.4, -0.2) is 4.68 Å². The number of rotatable bonds is 3. The molecule has 2 heterocycles. The van der Waals surface area contributed by atoms with Gasteiger partial charge in [-0.3, -0.25) is 4.68 Å². The summed E-state index contributed by atoms with van der Waals surface area (Å²) in [6.07, 6.45) is 3.98. The van der Waals surface area contributed by atoms with E-state index in [1.54, 1.807) is 11.3 Å². The summed E-state index contributed by atoms with van der Waals surface area (Å²) in [7, 11) is 0. The molecule has 2 aromatic rings. The van der Waals surface area contributed by atoms with Gasteiger partial charge < -0.3 is 5.43 Å². The summed E-state index contributed by atoms with van der Waals surface area (Å²) >= 11 is 5.18. The van der Waals surface area contributed by atoms with Gasteiger partial charge in [-0.2, -0.15) is 0 Å². The minimum atomic E-state index is 0.866. The standard InChI is InChI=1S/C9H9BrN2S/c10-8-5-9(13-7-8)6-11-12-3-1-2-4-12/h1-5,7,11H,6H2. The molecule has 0 bridgehead atoms. The highest BCUT2D eigenvalue weighted by atomic mass is 79.9. The van der Waals surface area contributed by atoms with Crippen LogP contribution in [0, 0.1) is 0 Å². The third kappa shape index (κ3) is 2.35. The maximum absolute atomic E-state index is 3.43. The second kappa shape index (κ2) is 3.98. The van der Waals surface area contributed by atoms with Gasteiger partial charge >= 0.3 is 0 Å². The predicted octanol–water partition coefficient (Wildman–Crippen LogP) is 3.06. The molecule has 0 radical (unpaired) electrons. The van der Waals surface area contributed by atoms with E-state index < -0.39 is 0 Å². The Morgan fingerprint density at radius 2 is 2.15 bits per heavy atom. The molecule has 0 saturated carbocycles. The fraction of sp³-hybridized carbons (Fsp3) is 0.111. The van der Waals surface area contributed by atoms with E-state index in [2.05, 4.69) is 32.8 Å². The number of nitrogens with one attached hydrogen (secondary N) is 1. The molecule has 0 spiro atoms. The summed E-state index contributed by atoms with van der Waals surface area (Å²) in [6, 6.07) is 6.12. The van der Waals surface area contributed by atoms with Crippen molar-refractivity contribution in [1.29, 1.82) is 0 Å². The Morgan fingerprint density at radius 3 is 2.77 bits per heavy atom. The lowest BCUT2D eigenvalue weighted by Crippen LogP contribution is -2.10. The van der Waals surface area contributed by atoms with Gasteiger partial charge in [0.05, 0.1) is 6.54 Å². The topological polar surface area (TPSA) is 17.0 Å². The van der Waals surface area contributed by atoms with E-state index in [4.69, 9.17) is 0 Å². The quantitative estimate of drug-likeness (QED) is 0.894. The molecule has 4 heteroatoms. The number of nitrogens with zero attached hydrogens (tertiary/aromatic N) is 1. The molecule has 2 aromatic heterocycles. The van der Waals surface area contributed by atoms with Gasteiger partial charge in [0.15, 0.2) is 0 Å². The first-order valence-electron chi connectivity index (χ1n) is 3.94. The molecule has 0 aliphatic carbocycles. The molecule has 0 aromatic carbocycles. The first kappa shape index (κ1) is 8.84. The Hall–Kier alpha value is -0.740. The average molecular weight is 257 g/mol. The highest BCUT2D eigenvalue weighted by molar-refractivity contribution is 9.10. The summed E-state index contributed by atoms with van der Waals surface area (Å²) < 4.78 is 3.11. The van der Waals surface area contributed by atoms with Crippen LogP contribution in [0.25, 0.3) is 0 Å². The van der Waals surface area contributed by atoms with Gasteiger partial charge in [0.2, 0.25) is 0 Å². The van der Waals surface area contributed by atoms with Gasteiger partial charge in [-0.1, -0.05) is 0 Å². The molecule has 0 amide bonds. The summed E-state index contributed by atoms with van der Waals surface area (Å²) in [6.45, 7) is 0.866. The van der Waals surface area contributed by atoms with Crippen molar-refractivity contribution in [2.75, 3.05) is 5.43 Å². The average Bonchev–Trinajstić information content (AvgIpc) is 2.71. The van der Waals surface area contributed by atoms with E-state index >= 15 is 0 Å². The summed E-state index contributed by atoms with van der Waals surface area (Å²) in [5.74, 6) is 0.